The second-order valence-corrected chi connectivity index (χ2v) is 4.33. The predicted molar refractivity (Wildman–Crippen MR) is 70.6 cm³/mol. The molecule has 0 aliphatic carbocycles. The van der Waals surface area contributed by atoms with Crippen molar-refractivity contribution in [2.45, 2.75) is 6.92 Å². The van der Waals surface area contributed by atoms with Crippen LogP contribution in [0.15, 0.2) is 36.4 Å². The molecule has 0 atom stereocenters. The number of halogens is 2. The van der Waals surface area contributed by atoms with Gasteiger partial charge >= 0.3 is 0 Å². The Hall–Kier alpha value is -2.05. The fourth-order valence-electron chi connectivity index (χ4n) is 1.61. The van der Waals surface area contributed by atoms with Gasteiger partial charge in [0.15, 0.2) is 0 Å². The third-order valence-corrected chi connectivity index (χ3v) is 2.79. The van der Waals surface area contributed by atoms with Gasteiger partial charge in [-0.05, 0) is 48.9 Å². The number of hydrogen-bond acceptors (Lipinski definition) is 2. The van der Waals surface area contributed by atoms with E-state index >= 15 is 0 Å². The molecule has 1 N–H and O–H groups in total. The van der Waals surface area contributed by atoms with Crippen molar-refractivity contribution in [3.63, 3.8) is 0 Å². The van der Waals surface area contributed by atoms with Crippen molar-refractivity contribution in [2.24, 2.45) is 0 Å². The zero-order valence-corrected chi connectivity index (χ0v) is 10.4. The highest BCUT2D eigenvalue weighted by Crippen LogP contribution is 2.24. The quantitative estimate of drug-likeness (QED) is 0.869. The summed E-state index contributed by atoms with van der Waals surface area (Å²) in [6.07, 6.45) is 0. The lowest BCUT2D eigenvalue weighted by molar-refractivity contribution is 0.624. The van der Waals surface area contributed by atoms with Crippen LogP contribution in [0.5, 0.6) is 0 Å². The molecule has 4 heteroatoms. The molecule has 0 aliphatic heterocycles. The summed E-state index contributed by atoms with van der Waals surface area (Å²) in [6.45, 7) is 1.91. The van der Waals surface area contributed by atoms with Crippen LogP contribution in [0.1, 0.15) is 11.1 Å². The first kappa shape index (κ1) is 12.4. The number of rotatable bonds is 2. The second-order valence-electron chi connectivity index (χ2n) is 3.89. The summed E-state index contributed by atoms with van der Waals surface area (Å²) in [6, 6.07) is 11.6. The molecule has 0 fully saturated rings. The van der Waals surface area contributed by atoms with Crippen molar-refractivity contribution >= 4 is 23.0 Å². The first-order valence-electron chi connectivity index (χ1n) is 5.33. The first-order valence-corrected chi connectivity index (χ1v) is 5.71. The minimum Gasteiger partial charge on any atom is -0.355 e. The van der Waals surface area contributed by atoms with Crippen molar-refractivity contribution in [1.82, 2.24) is 0 Å². The molecule has 18 heavy (non-hydrogen) atoms. The number of benzene rings is 2. The molecule has 2 aromatic rings. The molecular formula is C14H10ClFN2. The van der Waals surface area contributed by atoms with Crippen molar-refractivity contribution in [3.05, 3.63) is 58.4 Å². The number of nitriles is 1. The highest BCUT2D eigenvalue weighted by atomic mass is 35.5. The molecule has 0 spiro atoms. The van der Waals surface area contributed by atoms with Crippen LogP contribution in [0.2, 0.25) is 5.02 Å². The Balaban J connectivity index is 2.29. The van der Waals surface area contributed by atoms with Gasteiger partial charge in [-0.15, -0.1) is 0 Å². The Labute approximate surface area is 110 Å². The molecule has 0 bridgehead atoms. The Bertz CT molecular complexity index is 632. The molecule has 0 aromatic heterocycles. The Morgan fingerprint density at radius 2 is 2.00 bits per heavy atom. The van der Waals surface area contributed by atoms with Crippen LogP contribution in [0, 0.1) is 24.1 Å². The summed E-state index contributed by atoms with van der Waals surface area (Å²) in [5.74, 6) is -0.533. The zero-order valence-electron chi connectivity index (χ0n) is 9.67. The molecule has 0 amide bonds. The number of nitrogens with zero attached hydrogens (tertiary/aromatic N) is 1. The van der Waals surface area contributed by atoms with E-state index in [1.165, 1.54) is 12.1 Å². The average Bonchev–Trinajstić information content (AvgIpc) is 2.33. The molecule has 0 aliphatic rings. The van der Waals surface area contributed by atoms with Crippen LogP contribution in [0.4, 0.5) is 15.8 Å². The largest absolute Gasteiger partial charge is 0.355 e. The van der Waals surface area contributed by atoms with E-state index in [4.69, 9.17) is 16.9 Å². The van der Waals surface area contributed by atoms with Gasteiger partial charge in [-0.25, -0.2) is 4.39 Å². The van der Waals surface area contributed by atoms with E-state index in [2.05, 4.69) is 5.32 Å². The number of aryl methyl sites for hydroxylation is 1. The Morgan fingerprint density at radius 1 is 1.22 bits per heavy atom. The van der Waals surface area contributed by atoms with Crippen LogP contribution >= 0.6 is 11.6 Å². The van der Waals surface area contributed by atoms with E-state index in [1.54, 1.807) is 18.2 Å². The van der Waals surface area contributed by atoms with Gasteiger partial charge in [-0.2, -0.15) is 5.26 Å². The normalized spacial score (nSPS) is 9.89. The lowest BCUT2D eigenvalue weighted by atomic mass is 10.1. The van der Waals surface area contributed by atoms with Gasteiger partial charge in [-0.3, -0.25) is 0 Å². The monoisotopic (exact) mass is 260 g/mol. The van der Waals surface area contributed by atoms with Crippen LogP contribution in [-0.2, 0) is 0 Å². The SMILES string of the molecule is Cc1cc(Cl)ccc1Nc1ccc(C#N)c(F)c1. The lowest BCUT2D eigenvalue weighted by Crippen LogP contribution is -1.94. The predicted octanol–water partition coefficient (Wildman–Crippen LogP) is 4.40. The molecule has 0 unspecified atom stereocenters. The molecular weight excluding hydrogens is 251 g/mol. The standard InChI is InChI=1S/C14H10ClFN2/c1-9-6-11(15)3-5-14(9)18-12-4-2-10(8-17)13(16)7-12/h2-7,18H,1H3. The maximum absolute atomic E-state index is 13.4. The van der Waals surface area contributed by atoms with Crippen molar-refractivity contribution in [3.8, 4) is 6.07 Å². The minimum absolute atomic E-state index is 0.0355. The maximum Gasteiger partial charge on any atom is 0.143 e. The number of nitrogens with one attached hydrogen (secondary N) is 1. The van der Waals surface area contributed by atoms with Crippen LogP contribution in [0.3, 0.4) is 0 Å². The summed E-state index contributed by atoms with van der Waals surface area (Å²) in [5.41, 5.74) is 2.45. The summed E-state index contributed by atoms with van der Waals surface area (Å²) in [5, 5.41) is 12.4. The molecule has 2 nitrogen and oxygen atoms in total. The van der Waals surface area contributed by atoms with Gasteiger partial charge in [0.05, 0.1) is 5.56 Å². The van der Waals surface area contributed by atoms with Crippen LogP contribution in [-0.4, -0.2) is 0 Å². The van der Waals surface area contributed by atoms with Crippen LogP contribution in [0.25, 0.3) is 0 Å². The Kier molecular flexibility index (Phi) is 3.50. The van der Waals surface area contributed by atoms with E-state index in [0.29, 0.717) is 10.7 Å². The molecule has 90 valence electrons. The molecule has 0 saturated carbocycles. The first-order chi connectivity index (χ1) is 8.60. The van der Waals surface area contributed by atoms with Gasteiger partial charge in [0.25, 0.3) is 0 Å². The fraction of sp³-hybridized carbons (Fsp3) is 0.0714. The summed E-state index contributed by atoms with van der Waals surface area (Å²) in [7, 11) is 0. The van der Waals surface area contributed by atoms with Gasteiger partial charge in [0.1, 0.15) is 11.9 Å². The summed E-state index contributed by atoms with van der Waals surface area (Å²) < 4.78 is 13.4. The van der Waals surface area contributed by atoms with Gasteiger partial charge < -0.3 is 5.32 Å². The smallest absolute Gasteiger partial charge is 0.143 e. The van der Waals surface area contributed by atoms with E-state index in [9.17, 15) is 4.39 Å². The van der Waals surface area contributed by atoms with E-state index in [0.717, 1.165) is 11.3 Å². The molecule has 2 aromatic carbocycles. The Morgan fingerprint density at radius 3 is 2.61 bits per heavy atom. The zero-order chi connectivity index (χ0) is 13.1. The topological polar surface area (TPSA) is 35.8 Å². The van der Waals surface area contributed by atoms with Gasteiger partial charge in [0.2, 0.25) is 0 Å². The van der Waals surface area contributed by atoms with Crippen molar-refractivity contribution < 1.29 is 4.39 Å². The number of hydrogen-bond donors (Lipinski definition) is 1. The average molecular weight is 261 g/mol. The molecule has 2 rings (SSSR count). The maximum atomic E-state index is 13.4. The lowest BCUT2D eigenvalue weighted by Gasteiger charge is -2.10. The van der Waals surface area contributed by atoms with Gasteiger partial charge in [0, 0.05) is 16.4 Å². The van der Waals surface area contributed by atoms with Crippen molar-refractivity contribution in [2.75, 3.05) is 5.32 Å². The van der Waals surface area contributed by atoms with E-state index in [1.807, 2.05) is 19.1 Å². The fourth-order valence-corrected chi connectivity index (χ4v) is 1.83. The third-order valence-electron chi connectivity index (χ3n) is 2.56. The molecule has 0 radical (unpaired) electrons. The van der Waals surface area contributed by atoms with Crippen molar-refractivity contribution in [1.29, 1.82) is 5.26 Å². The second kappa shape index (κ2) is 5.07. The van der Waals surface area contributed by atoms with Gasteiger partial charge in [-0.1, -0.05) is 11.6 Å². The summed E-state index contributed by atoms with van der Waals surface area (Å²) in [4.78, 5) is 0. The third kappa shape index (κ3) is 2.61. The highest BCUT2D eigenvalue weighted by Gasteiger charge is 2.04. The number of anilines is 2. The highest BCUT2D eigenvalue weighted by molar-refractivity contribution is 6.30. The summed E-state index contributed by atoms with van der Waals surface area (Å²) >= 11 is 5.86. The molecule has 0 saturated heterocycles. The minimum atomic E-state index is -0.533. The van der Waals surface area contributed by atoms with E-state index in [-0.39, 0.29) is 5.56 Å². The van der Waals surface area contributed by atoms with Crippen LogP contribution < -0.4 is 5.32 Å². The molecule has 0 heterocycles. The van der Waals surface area contributed by atoms with E-state index < -0.39 is 5.82 Å².